The van der Waals surface area contributed by atoms with Crippen LogP contribution < -0.4 is 5.32 Å². The molecule has 1 aliphatic rings. The predicted octanol–water partition coefficient (Wildman–Crippen LogP) is 2.66. The number of hydrogen-bond acceptors (Lipinski definition) is 1. The summed E-state index contributed by atoms with van der Waals surface area (Å²) in [5, 5.41) is 4.13. The third-order valence-corrected chi connectivity index (χ3v) is 3.04. The van der Waals surface area contributed by atoms with E-state index in [4.69, 9.17) is 11.6 Å². The Morgan fingerprint density at radius 3 is 2.92 bits per heavy atom. The van der Waals surface area contributed by atoms with Gasteiger partial charge in [-0.25, -0.2) is 0 Å². The molecule has 1 nitrogen and oxygen atoms in total. The third kappa shape index (κ3) is 1.87. The van der Waals surface area contributed by atoms with Crippen molar-refractivity contribution >= 4 is 11.6 Å². The van der Waals surface area contributed by atoms with Crippen molar-refractivity contribution in [2.24, 2.45) is 5.92 Å². The fraction of sp³-hybridized carbons (Fsp3) is 0.455. The maximum atomic E-state index is 6.10. The highest BCUT2D eigenvalue weighted by Gasteiger charge is 2.38. The standard InChI is InChI=1S/C11H14ClN/c1-13-7-8-6-10(8)9-4-2-3-5-11(9)12/h2-5,8,10,13H,6-7H2,1H3/t8-,10-/m1/s1. The Labute approximate surface area is 84.1 Å². The minimum Gasteiger partial charge on any atom is -0.319 e. The maximum Gasteiger partial charge on any atom is 0.0440 e. The fourth-order valence-electron chi connectivity index (χ4n) is 1.89. The van der Waals surface area contributed by atoms with Crippen LogP contribution >= 0.6 is 11.6 Å². The second-order valence-electron chi connectivity index (χ2n) is 3.68. The van der Waals surface area contributed by atoms with Crippen LogP contribution in [0.2, 0.25) is 5.02 Å². The topological polar surface area (TPSA) is 12.0 Å². The highest BCUT2D eigenvalue weighted by atomic mass is 35.5. The summed E-state index contributed by atoms with van der Waals surface area (Å²) in [6.45, 7) is 1.11. The second-order valence-corrected chi connectivity index (χ2v) is 4.09. The quantitative estimate of drug-likeness (QED) is 0.782. The third-order valence-electron chi connectivity index (χ3n) is 2.69. The van der Waals surface area contributed by atoms with Crippen LogP contribution in [0, 0.1) is 5.92 Å². The minimum absolute atomic E-state index is 0.696. The molecule has 0 unspecified atom stereocenters. The highest BCUT2D eigenvalue weighted by Crippen LogP contribution is 2.48. The Morgan fingerprint density at radius 2 is 2.23 bits per heavy atom. The average Bonchev–Trinajstić information content (AvgIpc) is 2.86. The SMILES string of the molecule is CNC[C@H]1C[C@H]1c1ccccc1Cl. The minimum atomic E-state index is 0.696. The van der Waals surface area contributed by atoms with Gasteiger partial charge in [0.15, 0.2) is 0 Å². The molecule has 13 heavy (non-hydrogen) atoms. The summed E-state index contributed by atoms with van der Waals surface area (Å²) in [6.07, 6.45) is 1.28. The normalized spacial score (nSPS) is 26.0. The summed E-state index contributed by atoms with van der Waals surface area (Å²) in [5.41, 5.74) is 1.32. The lowest BCUT2D eigenvalue weighted by Gasteiger charge is -2.02. The van der Waals surface area contributed by atoms with Crippen LogP contribution in [-0.2, 0) is 0 Å². The van der Waals surface area contributed by atoms with Crippen molar-refractivity contribution < 1.29 is 0 Å². The van der Waals surface area contributed by atoms with Gasteiger partial charge in [0.1, 0.15) is 0 Å². The number of benzene rings is 1. The summed E-state index contributed by atoms with van der Waals surface area (Å²) in [4.78, 5) is 0. The van der Waals surface area contributed by atoms with Gasteiger partial charge in [-0.1, -0.05) is 29.8 Å². The van der Waals surface area contributed by atoms with E-state index in [0.717, 1.165) is 17.5 Å². The van der Waals surface area contributed by atoms with Gasteiger partial charge in [0, 0.05) is 5.02 Å². The molecule has 2 heteroatoms. The Kier molecular flexibility index (Phi) is 2.56. The van der Waals surface area contributed by atoms with Crippen LogP contribution in [0.3, 0.4) is 0 Å². The molecule has 1 aromatic carbocycles. The molecule has 1 N–H and O–H groups in total. The van der Waals surface area contributed by atoms with E-state index in [9.17, 15) is 0 Å². The van der Waals surface area contributed by atoms with Gasteiger partial charge in [0.05, 0.1) is 0 Å². The molecule has 1 fully saturated rings. The second kappa shape index (κ2) is 3.69. The summed E-state index contributed by atoms with van der Waals surface area (Å²) in [5.74, 6) is 1.49. The van der Waals surface area contributed by atoms with E-state index >= 15 is 0 Å². The Morgan fingerprint density at radius 1 is 1.46 bits per heavy atom. The molecule has 0 spiro atoms. The van der Waals surface area contributed by atoms with Crippen molar-refractivity contribution in [2.75, 3.05) is 13.6 Å². The lowest BCUT2D eigenvalue weighted by atomic mass is 10.1. The van der Waals surface area contributed by atoms with Crippen LogP contribution in [0.4, 0.5) is 0 Å². The van der Waals surface area contributed by atoms with E-state index in [-0.39, 0.29) is 0 Å². The Balaban J connectivity index is 2.07. The van der Waals surface area contributed by atoms with E-state index < -0.39 is 0 Å². The monoisotopic (exact) mass is 195 g/mol. The lowest BCUT2D eigenvalue weighted by molar-refractivity contribution is 0.698. The summed E-state index contributed by atoms with van der Waals surface area (Å²) >= 11 is 6.10. The molecular weight excluding hydrogens is 182 g/mol. The molecule has 2 atom stereocenters. The first-order chi connectivity index (χ1) is 6.33. The molecule has 0 aliphatic heterocycles. The van der Waals surface area contributed by atoms with Gasteiger partial charge in [-0.15, -0.1) is 0 Å². The van der Waals surface area contributed by atoms with Crippen LogP contribution in [-0.4, -0.2) is 13.6 Å². The molecule has 0 heterocycles. The number of hydrogen-bond donors (Lipinski definition) is 1. The molecule has 1 saturated carbocycles. The van der Waals surface area contributed by atoms with Gasteiger partial charge in [-0.05, 0) is 43.5 Å². The van der Waals surface area contributed by atoms with Crippen molar-refractivity contribution in [1.82, 2.24) is 5.32 Å². The van der Waals surface area contributed by atoms with Crippen molar-refractivity contribution in [3.63, 3.8) is 0 Å². The zero-order valence-corrected chi connectivity index (χ0v) is 8.51. The van der Waals surface area contributed by atoms with Gasteiger partial charge in [-0.2, -0.15) is 0 Å². The summed E-state index contributed by atoms with van der Waals surface area (Å²) in [7, 11) is 2.00. The molecule has 0 radical (unpaired) electrons. The van der Waals surface area contributed by atoms with Crippen molar-refractivity contribution in [3.05, 3.63) is 34.9 Å². The van der Waals surface area contributed by atoms with Crippen LogP contribution in [0.5, 0.6) is 0 Å². The average molecular weight is 196 g/mol. The van der Waals surface area contributed by atoms with Gasteiger partial charge in [0.2, 0.25) is 0 Å². The molecule has 0 saturated heterocycles. The lowest BCUT2D eigenvalue weighted by Crippen LogP contribution is -2.10. The largest absolute Gasteiger partial charge is 0.319 e. The molecule has 0 bridgehead atoms. The van der Waals surface area contributed by atoms with Gasteiger partial charge in [0.25, 0.3) is 0 Å². The molecule has 70 valence electrons. The molecule has 0 aromatic heterocycles. The zero-order valence-electron chi connectivity index (χ0n) is 7.76. The van der Waals surface area contributed by atoms with E-state index in [1.54, 1.807) is 0 Å². The van der Waals surface area contributed by atoms with Gasteiger partial charge >= 0.3 is 0 Å². The smallest absolute Gasteiger partial charge is 0.0440 e. The Bertz CT molecular complexity index is 298. The highest BCUT2D eigenvalue weighted by molar-refractivity contribution is 6.31. The predicted molar refractivity (Wildman–Crippen MR) is 56.2 cm³/mol. The van der Waals surface area contributed by atoms with E-state index in [2.05, 4.69) is 17.4 Å². The van der Waals surface area contributed by atoms with Crippen molar-refractivity contribution in [2.45, 2.75) is 12.3 Å². The first-order valence-electron chi connectivity index (χ1n) is 4.72. The van der Waals surface area contributed by atoms with E-state index in [0.29, 0.717) is 5.92 Å². The van der Waals surface area contributed by atoms with Crippen molar-refractivity contribution in [3.8, 4) is 0 Å². The van der Waals surface area contributed by atoms with E-state index in [1.807, 2.05) is 19.2 Å². The number of nitrogens with one attached hydrogen (secondary N) is 1. The molecule has 2 rings (SSSR count). The van der Waals surface area contributed by atoms with E-state index in [1.165, 1.54) is 12.0 Å². The van der Waals surface area contributed by atoms with Gasteiger partial charge in [-0.3, -0.25) is 0 Å². The molecule has 0 amide bonds. The molecular formula is C11H14ClN. The summed E-state index contributed by atoms with van der Waals surface area (Å²) < 4.78 is 0. The van der Waals surface area contributed by atoms with Crippen molar-refractivity contribution in [1.29, 1.82) is 0 Å². The van der Waals surface area contributed by atoms with Crippen LogP contribution in [0.1, 0.15) is 17.9 Å². The zero-order chi connectivity index (χ0) is 9.26. The molecule has 1 aromatic rings. The van der Waals surface area contributed by atoms with Gasteiger partial charge < -0.3 is 5.32 Å². The van der Waals surface area contributed by atoms with Crippen LogP contribution in [0.25, 0.3) is 0 Å². The fourth-order valence-corrected chi connectivity index (χ4v) is 2.17. The number of rotatable bonds is 3. The summed E-state index contributed by atoms with van der Waals surface area (Å²) in [6, 6.07) is 8.17. The Hall–Kier alpha value is -0.530. The van der Waals surface area contributed by atoms with Crippen LogP contribution in [0.15, 0.2) is 24.3 Å². The molecule has 1 aliphatic carbocycles. The maximum absolute atomic E-state index is 6.10. The first kappa shape index (κ1) is 9.04. The first-order valence-corrected chi connectivity index (χ1v) is 5.09. The number of halogens is 1.